The van der Waals surface area contributed by atoms with E-state index in [1.54, 1.807) is 26.0 Å². The van der Waals surface area contributed by atoms with Crippen LogP contribution in [0, 0.1) is 5.92 Å². The van der Waals surface area contributed by atoms with Crippen LogP contribution in [-0.4, -0.2) is 67.2 Å². The van der Waals surface area contributed by atoms with E-state index in [0.29, 0.717) is 36.2 Å². The molecule has 9 nitrogen and oxygen atoms in total. The SMILES string of the molecule is CCOC(=O)[C@@H]1C(=O)NC(N2CCN(c3cccc(Cl)c3)CC2)=N[C@H]1c1ccc(O)c(OCC)c1. The number of halogens is 1. The largest absolute Gasteiger partial charge is 0.504 e. The lowest BCUT2D eigenvalue weighted by atomic mass is 9.91. The number of hydrogen-bond acceptors (Lipinski definition) is 8. The molecule has 2 heterocycles. The highest BCUT2D eigenvalue weighted by Gasteiger charge is 2.42. The lowest BCUT2D eigenvalue weighted by molar-refractivity contribution is -0.153. The van der Waals surface area contributed by atoms with E-state index in [2.05, 4.69) is 10.2 Å². The average Bonchev–Trinajstić information content (AvgIpc) is 2.85. The van der Waals surface area contributed by atoms with Crippen molar-refractivity contribution in [2.45, 2.75) is 19.9 Å². The number of phenolic OH excluding ortho intramolecular Hbond substituents is 1. The fourth-order valence-corrected chi connectivity index (χ4v) is 4.49. The van der Waals surface area contributed by atoms with Crippen LogP contribution in [0.25, 0.3) is 0 Å². The minimum absolute atomic E-state index is 0.0233. The molecule has 0 radical (unpaired) electrons. The molecule has 0 bridgehead atoms. The Morgan fingerprint density at radius 2 is 1.86 bits per heavy atom. The van der Waals surface area contributed by atoms with Gasteiger partial charge in [0.05, 0.1) is 13.2 Å². The smallest absolute Gasteiger partial charge is 0.321 e. The van der Waals surface area contributed by atoms with Crippen LogP contribution in [-0.2, 0) is 14.3 Å². The molecule has 35 heavy (non-hydrogen) atoms. The highest BCUT2D eigenvalue weighted by molar-refractivity contribution is 6.30. The van der Waals surface area contributed by atoms with E-state index < -0.39 is 23.8 Å². The summed E-state index contributed by atoms with van der Waals surface area (Å²) in [4.78, 5) is 34.8. The van der Waals surface area contributed by atoms with Gasteiger partial charge in [-0.2, -0.15) is 0 Å². The number of anilines is 1. The minimum atomic E-state index is -1.15. The lowest BCUT2D eigenvalue weighted by Crippen LogP contribution is -2.57. The van der Waals surface area contributed by atoms with E-state index in [1.807, 2.05) is 29.2 Å². The molecule has 0 saturated carbocycles. The molecule has 2 aliphatic heterocycles. The Labute approximate surface area is 209 Å². The molecule has 0 aliphatic carbocycles. The fraction of sp³-hybridized carbons (Fsp3) is 0.400. The van der Waals surface area contributed by atoms with Gasteiger partial charge >= 0.3 is 5.97 Å². The number of nitrogens with one attached hydrogen (secondary N) is 1. The first-order chi connectivity index (χ1) is 16.9. The molecule has 1 saturated heterocycles. The van der Waals surface area contributed by atoms with Crippen molar-refractivity contribution in [3.8, 4) is 11.5 Å². The van der Waals surface area contributed by atoms with Gasteiger partial charge in [0, 0.05) is 36.9 Å². The quantitative estimate of drug-likeness (QED) is 0.464. The molecular weight excluding hydrogens is 472 g/mol. The summed E-state index contributed by atoms with van der Waals surface area (Å²) in [5, 5.41) is 13.6. The summed E-state index contributed by atoms with van der Waals surface area (Å²) in [7, 11) is 0. The standard InChI is InChI=1S/C25H29ClN4O5/c1-3-34-20-14-16(8-9-19(20)31)22-21(24(33)35-4-2)23(32)28-25(27-22)30-12-10-29(11-13-30)18-7-5-6-17(26)15-18/h5-9,14-15,21-22,31H,3-4,10-13H2,1-2H3,(H,27,28,32)/t21-,22-/m0/s1. The normalized spacial score (nSPS) is 20.2. The lowest BCUT2D eigenvalue weighted by Gasteiger charge is -2.39. The first-order valence-corrected chi connectivity index (χ1v) is 12.1. The number of piperazine rings is 1. The zero-order valence-corrected chi connectivity index (χ0v) is 20.5. The summed E-state index contributed by atoms with van der Waals surface area (Å²) in [5.41, 5.74) is 1.62. The maximum Gasteiger partial charge on any atom is 0.321 e. The number of guanidine groups is 1. The maximum absolute atomic E-state index is 13.1. The third-order valence-corrected chi connectivity index (χ3v) is 6.25. The van der Waals surface area contributed by atoms with Crippen molar-refractivity contribution in [2.24, 2.45) is 10.9 Å². The monoisotopic (exact) mass is 500 g/mol. The van der Waals surface area contributed by atoms with Crippen LogP contribution in [0.2, 0.25) is 5.02 Å². The number of aliphatic imine (C=N–C) groups is 1. The van der Waals surface area contributed by atoms with Crippen molar-refractivity contribution < 1.29 is 24.2 Å². The van der Waals surface area contributed by atoms with Crippen molar-refractivity contribution in [3.05, 3.63) is 53.1 Å². The van der Waals surface area contributed by atoms with Crippen LogP contribution in [0.1, 0.15) is 25.5 Å². The second kappa shape index (κ2) is 10.9. The topological polar surface area (TPSA) is 104 Å². The van der Waals surface area contributed by atoms with E-state index in [1.165, 1.54) is 6.07 Å². The first kappa shape index (κ1) is 24.7. The van der Waals surface area contributed by atoms with Gasteiger partial charge in [0.1, 0.15) is 6.04 Å². The number of carbonyl (C=O) groups is 2. The number of phenols is 1. The Hall–Kier alpha value is -3.46. The van der Waals surface area contributed by atoms with E-state index in [-0.39, 0.29) is 18.1 Å². The Morgan fingerprint density at radius 3 is 2.54 bits per heavy atom. The van der Waals surface area contributed by atoms with E-state index in [9.17, 15) is 14.7 Å². The molecule has 0 aromatic heterocycles. The molecular formula is C25H29ClN4O5. The van der Waals surface area contributed by atoms with E-state index in [4.69, 9.17) is 26.1 Å². The molecule has 4 rings (SSSR count). The Kier molecular flexibility index (Phi) is 7.65. The molecule has 0 spiro atoms. The molecule has 2 N–H and O–H groups in total. The summed E-state index contributed by atoms with van der Waals surface area (Å²) in [5.74, 6) is -1.60. The Morgan fingerprint density at radius 1 is 1.11 bits per heavy atom. The van der Waals surface area contributed by atoms with Crippen molar-refractivity contribution in [2.75, 3.05) is 44.3 Å². The van der Waals surface area contributed by atoms with Gasteiger partial charge < -0.3 is 24.4 Å². The third-order valence-electron chi connectivity index (χ3n) is 6.01. The maximum atomic E-state index is 13.1. The molecule has 2 aromatic carbocycles. The number of ether oxygens (including phenoxy) is 2. The van der Waals surface area contributed by atoms with Crippen LogP contribution in [0.15, 0.2) is 47.5 Å². The zero-order chi connectivity index (χ0) is 24.9. The summed E-state index contributed by atoms with van der Waals surface area (Å²) in [6.45, 7) is 6.69. The summed E-state index contributed by atoms with van der Waals surface area (Å²) in [6.07, 6.45) is 0. The molecule has 1 fully saturated rings. The average molecular weight is 501 g/mol. The third kappa shape index (κ3) is 5.45. The highest BCUT2D eigenvalue weighted by Crippen LogP contribution is 2.36. The van der Waals surface area contributed by atoms with Gasteiger partial charge in [-0.3, -0.25) is 14.9 Å². The van der Waals surface area contributed by atoms with Gasteiger partial charge in [0.2, 0.25) is 11.9 Å². The van der Waals surface area contributed by atoms with Gasteiger partial charge in [-0.1, -0.05) is 23.7 Å². The number of benzene rings is 2. The Balaban J connectivity index is 1.60. The predicted octanol–water partition coefficient (Wildman–Crippen LogP) is 2.97. The zero-order valence-electron chi connectivity index (χ0n) is 19.7. The van der Waals surface area contributed by atoms with E-state index >= 15 is 0 Å². The molecule has 10 heteroatoms. The molecule has 2 aromatic rings. The van der Waals surface area contributed by atoms with Crippen LogP contribution in [0.4, 0.5) is 5.69 Å². The van der Waals surface area contributed by atoms with Crippen molar-refractivity contribution in [1.29, 1.82) is 0 Å². The first-order valence-electron chi connectivity index (χ1n) is 11.7. The highest BCUT2D eigenvalue weighted by atomic mass is 35.5. The minimum Gasteiger partial charge on any atom is -0.504 e. The number of carbonyl (C=O) groups excluding carboxylic acids is 2. The Bertz CT molecular complexity index is 1120. The van der Waals surface area contributed by atoms with Crippen molar-refractivity contribution in [1.82, 2.24) is 10.2 Å². The number of aromatic hydroxyl groups is 1. The molecule has 2 atom stereocenters. The molecule has 1 amide bonds. The fourth-order valence-electron chi connectivity index (χ4n) is 4.30. The van der Waals surface area contributed by atoms with Gasteiger partial charge in [-0.05, 0) is 49.7 Å². The van der Waals surface area contributed by atoms with Crippen LogP contribution < -0.4 is 15.0 Å². The predicted molar refractivity (Wildman–Crippen MR) is 133 cm³/mol. The number of nitrogens with zero attached hydrogens (tertiary/aromatic N) is 3. The van der Waals surface area contributed by atoms with Gasteiger partial charge in [-0.15, -0.1) is 0 Å². The number of hydrogen-bond donors (Lipinski definition) is 2. The summed E-state index contributed by atoms with van der Waals surface area (Å²) < 4.78 is 10.7. The summed E-state index contributed by atoms with van der Waals surface area (Å²) >= 11 is 6.14. The second-order valence-corrected chi connectivity index (χ2v) is 8.67. The van der Waals surface area contributed by atoms with Gasteiger partial charge in [0.15, 0.2) is 17.4 Å². The number of rotatable bonds is 6. The van der Waals surface area contributed by atoms with Crippen molar-refractivity contribution in [3.63, 3.8) is 0 Å². The van der Waals surface area contributed by atoms with Gasteiger partial charge in [-0.25, -0.2) is 4.99 Å². The van der Waals surface area contributed by atoms with E-state index in [0.717, 1.165) is 18.8 Å². The van der Waals surface area contributed by atoms with Crippen molar-refractivity contribution >= 4 is 35.1 Å². The van der Waals surface area contributed by atoms with Crippen LogP contribution >= 0.6 is 11.6 Å². The number of esters is 1. The van der Waals surface area contributed by atoms with Crippen LogP contribution in [0.5, 0.6) is 11.5 Å². The summed E-state index contributed by atoms with van der Waals surface area (Å²) in [6, 6.07) is 11.6. The van der Waals surface area contributed by atoms with Crippen LogP contribution in [0.3, 0.4) is 0 Å². The van der Waals surface area contributed by atoms with Gasteiger partial charge in [0.25, 0.3) is 0 Å². The second-order valence-electron chi connectivity index (χ2n) is 8.23. The molecule has 186 valence electrons. The molecule has 2 aliphatic rings. The molecule has 0 unspecified atom stereocenters. The number of amides is 1.